The predicted octanol–water partition coefficient (Wildman–Crippen LogP) is 12.4. The van der Waals surface area contributed by atoms with Gasteiger partial charge in [0, 0.05) is 0 Å². The van der Waals surface area contributed by atoms with E-state index in [2.05, 4.69) is 172 Å². The van der Waals surface area contributed by atoms with Gasteiger partial charge in [-0.15, -0.1) is 0 Å². The standard InChI is InChI=1S/C44H32/c1-29-19-23-31(24-20-29)35-13-5-7-15-37(35)43-39-17-9-10-18-40(39)44(42-28-34-12-4-3-11-33(34)27-41(42)43)38-16-8-6-14-36(38)32-25-21-30(2)22-26-32/h3-28H,1-2H3. The molecule has 0 radical (unpaired) electrons. The normalized spacial score (nSPS) is 11.4. The summed E-state index contributed by atoms with van der Waals surface area (Å²) in [5, 5.41) is 7.59. The van der Waals surface area contributed by atoms with Crippen LogP contribution in [0.5, 0.6) is 0 Å². The van der Waals surface area contributed by atoms with E-state index in [-0.39, 0.29) is 0 Å². The zero-order valence-corrected chi connectivity index (χ0v) is 25.0. The van der Waals surface area contributed by atoms with Gasteiger partial charge in [-0.25, -0.2) is 0 Å². The highest BCUT2D eigenvalue weighted by atomic mass is 14.2. The van der Waals surface area contributed by atoms with Gasteiger partial charge in [0.2, 0.25) is 0 Å². The van der Waals surface area contributed by atoms with E-state index in [4.69, 9.17) is 0 Å². The van der Waals surface area contributed by atoms with Crippen LogP contribution < -0.4 is 0 Å². The maximum Gasteiger partial charge on any atom is -0.00199 e. The smallest absolute Gasteiger partial charge is 0.00199 e. The molecule has 0 aliphatic rings. The fourth-order valence-electron chi connectivity index (χ4n) is 6.82. The number of hydrogen-bond donors (Lipinski definition) is 0. The van der Waals surface area contributed by atoms with Crippen LogP contribution in [0.1, 0.15) is 11.1 Å². The van der Waals surface area contributed by atoms with E-state index >= 15 is 0 Å². The van der Waals surface area contributed by atoms with Crippen LogP contribution in [0.15, 0.2) is 158 Å². The first kappa shape index (κ1) is 26.2. The van der Waals surface area contributed by atoms with Crippen molar-refractivity contribution >= 4 is 32.3 Å². The maximum absolute atomic E-state index is 2.41. The third kappa shape index (κ3) is 4.39. The highest BCUT2D eigenvalue weighted by Gasteiger charge is 2.21. The first-order valence-electron chi connectivity index (χ1n) is 15.4. The Morgan fingerprint density at radius 3 is 1.05 bits per heavy atom. The first-order chi connectivity index (χ1) is 21.7. The molecule has 0 fully saturated rings. The fourth-order valence-corrected chi connectivity index (χ4v) is 6.82. The number of hydrogen-bond acceptors (Lipinski definition) is 0. The number of benzene rings is 8. The second kappa shape index (κ2) is 10.7. The molecule has 0 heteroatoms. The molecule has 208 valence electrons. The van der Waals surface area contributed by atoms with E-state index in [0.29, 0.717) is 0 Å². The summed E-state index contributed by atoms with van der Waals surface area (Å²) >= 11 is 0. The van der Waals surface area contributed by atoms with E-state index in [0.717, 1.165) is 0 Å². The van der Waals surface area contributed by atoms with Crippen molar-refractivity contribution in [2.24, 2.45) is 0 Å². The van der Waals surface area contributed by atoms with Gasteiger partial charge in [0.05, 0.1) is 0 Å². The van der Waals surface area contributed by atoms with Crippen molar-refractivity contribution in [3.8, 4) is 44.5 Å². The zero-order valence-electron chi connectivity index (χ0n) is 25.0. The van der Waals surface area contributed by atoms with E-state index in [9.17, 15) is 0 Å². The van der Waals surface area contributed by atoms with Gasteiger partial charge in [0.25, 0.3) is 0 Å². The lowest BCUT2D eigenvalue weighted by molar-refractivity contribution is 1.47. The van der Waals surface area contributed by atoms with Crippen LogP contribution in [0.25, 0.3) is 76.8 Å². The van der Waals surface area contributed by atoms with Crippen molar-refractivity contribution in [1.82, 2.24) is 0 Å². The van der Waals surface area contributed by atoms with Gasteiger partial charge < -0.3 is 0 Å². The molecule has 0 aromatic heterocycles. The molecule has 0 N–H and O–H groups in total. The average Bonchev–Trinajstić information content (AvgIpc) is 3.07. The van der Waals surface area contributed by atoms with Gasteiger partial charge in [-0.3, -0.25) is 0 Å². The number of rotatable bonds is 4. The fraction of sp³-hybridized carbons (Fsp3) is 0.0455. The van der Waals surface area contributed by atoms with Gasteiger partial charge in [0.15, 0.2) is 0 Å². The molecule has 0 amide bonds. The number of fused-ring (bicyclic) bond motifs is 3. The molecular weight excluding hydrogens is 528 g/mol. The molecule has 0 heterocycles. The van der Waals surface area contributed by atoms with Crippen molar-refractivity contribution in [1.29, 1.82) is 0 Å². The molecule has 0 aliphatic carbocycles. The Balaban J connectivity index is 1.54. The molecule has 0 nitrogen and oxygen atoms in total. The molecule has 8 aromatic rings. The number of aryl methyl sites for hydroxylation is 2. The summed E-state index contributed by atoms with van der Waals surface area (Å²) in [5.74, 6) is 0. The highest BCUT2D eigenvalue weighted by Crippen LogP contribution is 2.48. The van der Waals surface area contributed by atoms with Crippen LogP contribution in [0.4, 0.5) is 0 Å². The predicted molar refractivity (Wildman–Crippen MR) is 190 cm³/mol. The van der Waals surface area contributed by atoms with Crippen LogP contribution in [-0.4, -0.2) is 0 Å². The Labute approximate surface area is 258 Å². The average molecular weight is 561 g/mol. The molecule has 0 atom stereocenters. The lowest BCUT2D eigenvalue weighted by Gasteiger charge is -2.21. The minimum Gasteiger partial charge on any atom is -0.0616 e. The van der Waals surface area contributed by atoms with Crippen molar-refractivity contribution in [2.45, 2.75) is 13.8 Å². The molecule has 44 heavy (non-hydrogen) atoms. The largest absolute Gasteiger partial charge is 0.0616 e. The third-order valence-electron chi connectivity index (χ3n) is 9.01. The van der Waals surface area contributed by atoms with Gasteiger partial charge in [0.1, 0.15) is 0 Å². The molecule has 8 aromatic carbocycles. The van der Waals surface area contributed by atoms with E-state index in [1.807, 2.05) is 0 Å². The molecule has 0 spiro atoms. The lowest BCUT2D eigenvalue weighted by Crippen LogP contribution is -1.94. The Morgan fingerprint density at radius 1 is 0.295 bits per heavy atom. The third-order valence-corrected chi connectivity index (χ3v) is 9.01. The van der Waals surface area contributed by atoms with Crippen molar-refractivity contribution in [3.05, 3.63) is 169 Å². The zero-order chi connectivity index (χ0) is 29.6. The van der Waals surface area contributed by atoms with Crippen LogP contribution in [-0.2, 0) is 0 Å². The second-order valence-corrected chi connectivity index (χ2v) is 11.9. The summed E-state index contributed by atoms with van der Waals surface area (Å²) < 4.78 is 0. The first-order valence-corrected chi connectivity index (χ1v) is 15.4. The molecule has 8 rings (SSSR count). The summed E-state index contributed by atoms with van der Waals surface area (Å²) in [4.78, 5) is 0. The second-order valence-electron chi connectivity index (χ2n) is 11.9. The SMILES string of the molecule is Cc1ccc(-c2ccccc2-c2c3ccccc3c(-c3ccccc3-c3ccc(C)cc3)c3cc4ccccc4cc23)cc1. The summed E-state index contributed by atoms with van der Waals surface area (Å²) in [5.41, 5.74) is 12.6. The molecular formula is C44H32. The minimum atomic E-state index is 1.23. The Kier molecular flexibility index (Phi) is 6.35. The van der Waals surface area contributed by atoms with Gasteiger partial charge in [-0.2, -0.15) is 0 Å². The Morgan fingerprint density at radius 2 is 0.636 bits per heavy atom. The van der Waals surface area contributed by atoms with Crippen molar-refractivity contribution < 1.29 is 0 Å². The summed E-state index contributed by atoms with van der Waals surface area (Å²) in [7, 11) is 0. The van der Waals surface area contributed by atoms with Gasteiger partial charge in [-0.1, -0.05) is 157 Å². The van der Waals surface area contributed by atoms with Gasteiger partial charge in [-0.05, 0) is 103 Å². The summed E-state index contributed by atoms with van der Waals surface area (Å²) in [6.45, 7) is 4.30. The van der Waals surface area contributed by atoms with E-state index in [1.165, 1.54) is 88.0 Å². The maximum atomic E-state index is 2.41. The van der Waals surface area contributed by atoms with E-state index in [1.54, 1.807) is 0 Å². The van der Waals surface area contributed by atoms with Crippen LogP contribution in [0.2, 0.25) is 0 Å². The van der Waals surface area contributed by atoms with Crippen LogP contribution >= 0.6 is 0 Å². The topological polar surface area (TPSA) is 0 Å². The van der Waals surface area contributed by atoms with E-state index < -0.39 is 0 Å². The molecule has 0 unspecified atom stereocenters. The van der Waals surface area contributed by atoms with Crippen molar-refractivity contribution in [2.75, 3.05) is 0 Å². The lowest BCUT2D eigenvalue weighted by atomic mass is 9.81. The monoisotopic (exact) mass is 560 g/mol. The quantitative estimate of drug-likeness (QED) is 0.188. The summed E-state index contributed by atoms with van der Waals surface area (Å²) in [6.07, 6.45) is 0. The molecule has 0 saturated carbocycles. The molecule has 0 saturated heterocycles. The summed E-state index contributed by atoms with van der Waals surface area (Å²) in [6, 6.07) is 58.2. The van der Waals surface area contributed by atoms with Crippen LogP contribution in [0.3, 0.4) is 0 Å². The molecule has 0 bridgehead atoms. The Bertz CT molecular complexity index is 2150. The van der Waals surface area contributed by atoms with Crippen molar-refractivity contribution in [3.63, 3.8) is 0 Å². The highest BCUT2D eigenvalue weighted by molar-refractivity contribution is 6.25. The van der Waals surface area contributed by atoms with Gasteiger partial charge >= 0.3 is 0 Å². The molecule has 0 aliphatic heterocycles. The minimum absolute atomic E-state index is 1.23. The van der Waals surface area contributed by atoms with Crippen LogP contribution in [0, 0.1) is 13.8 Å². The Hall–Kier alpha value is -5.46.